The molecule has 0 aliphatic carbocycles. The molecule has 5 N–H and O–H groups in total. The van der Waals surface area contributed by atoms with Crippen molar-refractivity contribution >= 4 is 40.3 Å². The Morgan fingerprint density at radius 2 is 1.96 bits per heavy atom. The zero-order chi connectivity index (χ0) is 20.1. The molecule has 0 saturated carbocycles. The molecule has 8 nitrogen and oxygen atoms in total. The van der Waals surface area contributed by atoms with Crippen molar-refractivity contribution in [3.63, 3.8) is 0 Å². The highest BCUT2D eigenvalue weighted by atomic mass is 32.1. The fourth-order valence-electron chi connectivity index (χ4n) is 2.36. The molecule has 1 aromatic carbocycles. The van der Waals surface area contributed by atoms with Crippen LogP contribution in [0.3, 0.4) is 0 Å². The molecule has 0 bridgehead atoms. The highest BCUT2D eigenvalue weighted by Gasteiger charge is 2.10. The first-order valence-electron chi connectivity index (χ1n) is 8.21. The van der Waals surface area contributed by atoms with Gasteiger partial charge in [-0.3, -0.25) is 19.7 Å². The van der Waals surface area contributed by atoms with E-state index < -0.39 is 5.91 Å². The van der Waals surface area contributed by atoms with Crippen molar-refractivity contribution in [3.05, 3.63) is 64.8 Å². The molecule has 2 heterocycles. The largest absolute Gasteiger partial charge is 0.364 e. The van der Waals surface area contributed by atoms with Crippen LogP contribution in [-0.4, -0.2) is 34.7 Å². The number of nitrogens with one attached hydrogen (secondary N) is 3. The SMILES string of the molecule is CNC(=O)c1ccc(/C=C/C(=O)Nc2nc(-c3c[nH]c(C(N)=O)c3)cs2)cc1. The third kappa shape index (κ3) is 4.51. The van der Waals surface area contributed by atoms with Crippen LogP contribution in [0.1, 0.15) is 26.4 Å². The molecule has 9 heteroatoms. The number of hydrogen-bond donors (Lipinski definition) is 4. The second kappa shape index (κ2) is 8.31. The zero-order valence-electron chi connectivity index (χ0n) is 14.9. The number of aromatic amines is 1. The highest BCUT2D eigenvalue weighted by Crippen LogP contribution is 2.25. The number of aromatic nitrogens is 2. The lowest BCUT2D eigenvalue weighted by Crippen LogP contribution is -2.17. The fourth-order valence-corrected chi connectivity index (χ4v) is 3.08. The van der Waals surface area contributed by atoms with E-state index in [1.165, 1.54) is 17.4 Å². The second-order valence-corrected chi connectivity index (χ2v) is 6.59. The number of nitrogens with zero attached hydrogens (tertiary/aromatic N) is 1. The summed E-state index contributed by atoms with van der Waals surface area (Å²) < 4.78 is 0. The summed E-state index contributed by atoms with van der Waals surface area (Å²) in [4.78, 5) is 41.8. The summed E-state index contributed by atoms with van der Waals surface area (Å²) in [6.45, 7) is 0. The fraction of sp³-hybridized carbons (Fsp3) is 0.0526. The van der Waals surface area contributed by atoms with Gasteiger partial charge < -0.3 is 16.0 Å². The molecule has 3 aromatic rings. The summed E-state index contributed by atoms with van der Waals surface area (Å²) in [6, 6.07) is 8.46. The zero-order valence-corrected chi connectivity index (χ0v) is 15.7. The van der Waals surface area contributed by atoms with E-state index in [1.54, 1.807) is 55.0 Å². The van der Waals surface area contributed by atoms with Crippen LogP contribution in [0.4, 0.5) is 5.13 Å². The van der Waals surface area contributed by atoms with Crippen molar-refractivity contribution in [2.75, 3.05) is 12.4 Å². The molecule has 0 saturated heterocycles. The van der Waals surface area contributed by atoms with Crippen molar-refractivity contribution in [2.45, 2.75) is 0 Å². The maximum absolute atomic E-state index is 12.1. The molecule has 0 fully saturated rings. The Balaban J connectivity index is 1.62. The topological polar surface area (TPSA) is 130 Å². The summed E-state index contributed by atoms with van der Waals surface area (Å²) in [6.07, 6.45) is 4.66. The number of nitrogens with two attached hydrogens (primary N) is 1. The van der Waals surface area contributed by atoms with E-state index in [-0.39, 0.29) is 11.8 Å². The number of rotatable bonds is 6. The van der Waals surface area contributed by atoms with Gasteiger partial charge in [0, 0.05) is 35.8 Å². The lowest BCUT2D eigenvalue weighted by molar-refractivity contribution is -0.111. The summed E-state index contributed by atoms with van der Waals surface area (Å²) in [5.41, 5.74) is 8.17. The Morgan fingerprint density at radius 3 is 2.61 bits per heavy atom. The predicted octanol–water partition coefficient (Wildman–Crippen LogP) is 2.25. The minimum absolute atomic E-state index is 0.168. The molecule has 0 unspecified atom stereocenters. The highest BCUT2D eigenvalue weighted by molar-refractivity contribution is 7.14. The maximum atomic E-state index is 12.1. The Morgan fingerprint density at radius 1 is 1.21 bits per heavy atom. The average Bonchev–Trinajstić information content (AvgIpc) is 3.35. The van der Waals surface area contributed by atoms with E-state index in [4.69, 9.17) is 5.73 Å². The van der Waals surface area contributed by atoms with Gasteiger partial charge in [-0.25, -0.2) is 4.98 Å². The first-order valence-corrected chi connectivity index (χ1v) is 9.09. The number of carbonyl (C=O) groups is 3. The normalized spacial score (nSPS) is 10.8. The molecule has 3 rings (SSSR count). The van der Waals surface area contributed by atoms with Gasteiger partial charge in [0.2, 0.25) is 5.91 Å². The third-order valence-corrected chi connectivity index (χ3v) is 4.56. The number of benzene rings is 1. The van der Waals surface area contributed by atoms with Gasteiger partial charge in [0.1, 0.15) is 5.69 Å². The van der Waals surface area contributed by atoms with Crippen LogP contribution >= 0.6 is 11.3 Å². The Bertz CT molecular complexity index is 1050. The maximum Gasteiger partial charge on any atom is 0.265 e. The van der Waals surface area contributed by atoms with E-state index in [2.05, 4.69) is 20.6 Å². The summed E-state index contributed by atoms with van der Waals surface area (Å²) in [7, 11) is 1.57. The number of amides is 3. The molecule has 0 aliphatic rings. The molecular weight excluding hydrogens is 378 g/mol. The van der Waals surface area contributed by atoms with Crippen LogP contribution in [0.25, 0.3) is 17.3 Å². The quantitative estimate of drug-likeness (QED) is 0.477. The average molecular weight is 395 g/mol. The van der Waals surface area contributed by atoms with Gasteiger partial charge in [0.15, 0.2) is 5.13 Å². The molecule has 142 valence electrons. The van der Waals surface area contributed by atoms with Crippen molar-refractivity contribution in [2.24, 2.45) is 5.73 Å². The van der Waals surface area contributed by atoms with E-state index in [1.807, 2.05) is 0 Å². The van der Waals surface area contributed by atoms with E-state index in [9.17, 15) is 14.4 Å². The van der Waals surface area contributed by atoms with E-state index in [0.717, 1.165) is 5.56 Å². The molecule has 0 radical (unpaired) electrons. The monoisotopic (exact) mass is 395 g/mol. The van der Waals surface area contributed by atoms with Crippen LogP contribution in [0.5, 0.6) is 0 Å². The minimum atomic E-state index is -0.552. The molecule has 0 aliphatic heterocycles. The minimum Gasteiger partial charge on any atom is -0.364 e. The Labute approximate surface area is 164 Å². The van der Waals surface area contributed by atoms with Crippen LogP contribution in [0.15, 0.2) is 48.0 Å². The summed E-state index contributed by atoms with van der Waals surface area (Å²) in [5.74, 6) is -1.05. The number of hydrogen-bond acceptors (Lipinski definition) is 5. The number of carbonyl (C=O) groups excluding carboxylic acids is 3. The first kappa shape index (κ1) is 19.1. The number of thiazole rings is 1. The second-order valence-electron chi connectivity index (χ2n) is 5.73. The standard InChI is InChI=1S/C19H17N5O3S/c1-21-18(27)12-5-2-11(3-6-12)4-7-16(25)24-19-23-15(10-28-19)13-8-14(17(20)26)22-9-13/h2-10,22H,1H3,(H2,20,26)(H,21,27)(H,23,24,25)/b7-4+. The Kier molecular flexibility index (Phi) is 5.66. The Hall–Kier alpha value is -3.72. The van der Waals surface area contributed by atoms with Gasteiger partial charge in [-0.2, -0.15) is 0 Å². The number of anilines is 1. The molecule has 2 aromatic heterocycles. The molecular formula is C19H17N5O3S. The van der Waals surface area contributed by atoms with Crippen molar-refractivity contribution in [1.82, 2.24) is 15.3 Å². The number of H-pyrrole nitrogens is 1. The van der Waals surface area contributed by atoms with Gasteiger partial charge in [0.25, 0.3) is 11.8 Å². The molecule has 0 atom stereocenters. The third-order valence-electron chi connectivity index (χ3n) is 3.81. The van der Waals surface area contributed by atoms with Gasteiger partial charge in [0.05, 0.1) is 5.69 Å². The predicted molar refractivity (Wildman–Crippen MR) is 108 cm³/mol. The van der Waals surface area contributed by atoms with Crippen LogP contribution in [-0.2, 0) is 4.79 Å². The van der Waals surface area contributed by atoms with Crippen LogP contribution in [0, 0.1) is 0 Å². The lowest BCUT2D eigenvalue weighted by atomic mass is 10.1. The van der Waals surface area contributed by atoms with Crippen LogP contribution < -0.4 is 16.4 Å². The van der Waals surface area contributed by atoms with Gasteiger partial charge >= 0.3 is 0 Å². The number of primary amides is 1. The lowest BCUT2D eigenvalue weighted by Gasteiger charge is -2.00. The smallest absolute Gasteiger partial charge is 0.265 e. The van der Waals surface area contributed by atoms with Crippen molar-refractivity contribution in [3.8, 4) is 11.3 Å². The summed E-state index contributed by atoms with van der Waals surface area (Å²) >= 11 is 1.27. The van der Waals surface area contributed by atoms with E-state index in [0.29, 0.717) is 27.6 Å². The van der Waals surface area contributed by atoms with E-state index >= 15 is 0 Å². The van der Waals surface area contributed by atoms with Gasteiger partial charge in [-0.05, 0) is 29.8 Å². The van der Waals surface area contributed by atoms with Gasteiger partial charge in [-0.1, -0.05) is 12.1 Å². The molecule has 0 spiro atoms. The van der Waals surface area contributed by atoms with Crippen molar-refractivity contribution < 1.29 is 14.4 Å². The summed E-state index contributed by atoms with van der Waals surface area (Å²) in [5, 5.41) is 7.43. The first-order chi connectivity index (χ1) is 13.5. The van der Waals surface area contributed by atoms with Crippen LogP contribution in [0.2, 0.25) is 0 Å². The molecule has 3 amide bonds. The van der Waals surface area contributed by atoms with Gasteiger partial charge in [-0.15, -0.1) is 11.3 Å². The van der Waals surface area contributed by atoms with Crippen molar-refractivity contribution in [1.29, 1.82) is 0 Å². The molecule has 28 heavy (non-hydrogen) atoms.